The molecule has 6 rings (SSSR count). The van der Waals surface area contributed by atoms with Crippen LogP contribution in [0, 0.1) is 5.92 Å². The van der Waals surface area contributed by atoms with Gasteiger partial charge in [-0.05, 0) is 43.2 Å². The van der Waals surface area contributed by atoms with Gasteiger partial charge in [-0.2, -0.15) is 28.2 Å². The molecule has 2 aliphatic rings. The summed E-state index contributed by atoms with van der Waals surface area (Å²) in [6.07, 6.45) is -5.49. The maximum atomic E-state index is 14.4. The first-order chi connectivity index (χ1) is 25.3. The molecule has 292 valence electrons. The summed E-state index contributed by atoms with van der Waals surface area (Å²) in [6.45, 7) is 0.423. The lowest BCUT2D eigenvalue weighted by atomic mass is 10.0. The van der Waals surface area contributed by atoms with E-state index in [9.17, 15) is 36.1 Å². The fourth-order valence-electron chi connectivity index (χ4n) is 5.82. The minimum atomic E-state index is -4.68. The van der Waals surface area contributed by atoms with E-state index < -0.39 is 78.6 Å². The summed E-state index contributed by atoms with van der Waals surface area (Å²) in [7, 11) is -6.85. The molecule has 17 nitrogen and oxygen atoms in total. The average molecular weight is 819 g/mol. The van der Waals surface area contributed by atoms with Crippen molar-refractivity contribution in [2.75, 3.05) is 30.7 Å². The number of alkyl halides is 3. The van der Waals surface area contributed by atoms with Gasteiger partial charge >= 0.3 is 19.9 Å². The number of halogens is 4. The zero-order valence-corrected chi connectivity index (χ0v) is 31.2. The van der Waals surface area contributed by atoms with Gasteiger partial charge < -0.3 is 24.8 Å². The van der Waals surface area contributed by atoms with Crippen molar-refractivity contribution in [1.29, 1.82) is 0 Å². The number of aromatic nitrogens is 4. The quantitative estimate of drug-likeness (QED) is 0.0804. The zero-order valence-electron chi connectivity index (χ0n) is 28.7. The minimum absolute atomic E-state index is 0.0333. The Bertz CT molecular complexity index is 2190. The van der Waals surface area contributed by atoms with Gasteiger partial charge in [0.25, 0.3) is 0 Å². The molecule has 4 aromatic rings. The fourth-order valence-corrected chi connectivity index (χ4v) is 8.27. The van der Waals surface area contributed by atoms with Crippen molar-refractivity contribution in [3.63, 3.8) is 0 Å². The molecule has 1 aliphatic heterocycles. The molecule has 4 unspecified atom stereocenters. The Kier molecular flexibility index (Phi) is 10.9. The molecule has 5 N–H and O–H groups in total. The Morgan fingerprint density at radius 1 is 1.20 bits per heavy atom. The molecular formula is C31H35ClF3N8O9PS. The molecule has 54 heavy (non-hydrogen) atoms. The van der Waals surface area contributed by atoms with Crippen molar-refractivity contribution in [3.05, 3.63) is 71.0 Å². The van der Waals surface area contributed by atoms with Crippen LogP contribution in [0.4, 0.5) is 24.9 Å². The molecule has 23 heteroatoms. The summed E-state index contributed by atoms with van der Waals surface area (Å²) < 4.78 is 103. The third-order valence-electron chi connectivity index (χ3n) is 8.62. The Hall–Kier alpha value is -4.08. The van der Waals surface area contributed by atoms with Crippen molar-refractivity contribution in [3.8, 4) is 5.75 Å². The maximum Gasteiger partial charge on any atom is 0.459 e. The highest BCUT2D eigenvalue weighted by Gasteiger charge is 2.57. The highest BCUT2D eigenvalue weighted by atomic mass is 35.5. The number of imidazole rings is 1. The third kappa shape index (κ3) is 8.73. The molecule has 0 bridgehead atoms. The summed E-state index contributed by atoms with van der Waals surface area (Å²) in [5, 5.41) is 15.3. The number of esters is 1. The highest BCUT2D eigenvalue weighted by molar-refractivity contribution is 7.88. The largest absolute Gasteiger partial charge is 0.459 e. The van der Waals surface area contributed by atoms with Crippen molar-refractivity contribution in [1.82, 2.24) is 29.4 Å². The number of fused-ring (bicyclic) bond motifs is 1. The van der Waals surface area contributed by atoms with Gasteiger partial charge in [0.2, 0.25) is 16.0 Å². The van der Waals surface area contributed by atoms with E-state index in [0.717, 1.165) is 17.3 Å². The summed E-state index contributed by atoms with van der Waals surface area (Å²) in [4.78, 5) is 28.2. The summed E-state index contributed by atoms with van der Waals surface area (Å²) in [5.74, 6) is -1.77. The summed E-state index contributed by atoms with van der Waals surface area (Å²) >= 11 is 5.99. The molecule has 2 aromatic heterocycles. The molecule has 1 saturated carbocycles. The van der Waals surface area contributed by atoms with Gasteiger partial charge in [-0.15, -0.1) is 4.83 Å². The number of sulfonamides is 1. The van der Waals surface area contributed by atoms with Crippen LogP contribution >= 0.6 is 19.3 Å². The molecule has 2 fully saturated rings. The Morgan fingerprint density at radius 2 is 1.89 bits per heavy atom. The maximum absolute atomic E-state index is 14.4. The second-order valence-electron chi connectivity index (χ2n) is 12.8. The first kappa shape index (κ1) is 39.6. The molecule has 0 amide bonds. The molecule has 3 heterocycles. The standard InChI is InChI=1S/C31H35ClF3N8O9PS/c1-17-24(44)22(51-27(17)43-16-37-23-25(38-29(36)39-26(23)43)42(2)41-54(3,47)48)15-50-53(46,52-20-10-8-19(32)9-11-20)40-30(12-13-30)28(45)49-14-18-6-4-5-7-21(18)31(33,34)35/h4-11,16-17,22,24,27,41,44H,12-15H2,1-3H3,(H,40,46)(H2,36,38,39)/t17?,22?,24-,27?,53?/m0/s1. The van der Waals surface area contributed by atoms with E-state index in [1.54, 1.807) is 6.92 Å². The third-order valence-corrected chi connectivity index (χ3v) is 11.1. The van der Waals surface area contributed by atoms with E-state index in [2.05, 4.69) is 24.9 Å². The lowest BCUT2D eigenvalue weighted by Gasteiger charge is -2.26. The number of nitrogens with one attached hydrogen (secondary N) is 2. The number of benzene rings is 2. The summed E-state index contributed by atoms with van der Waals surface area (Å²) in [6, 6.07) is 10.4. The SMILES string of the molecule is CC1C(n2cnc3c(N(C)NS(C)(=O)=O)nc(N)nc32)OC(COP(=O)(NC2(C(=O)OCc3ccccc3C(F)(F)F)CC2)Oc2ccc(Cl)cc2)[C@H]1O. The minimum Gasteiger partial charge on any atom is -0.459 e. The number of hydrazine groups is 1. The molecular weight excluding hydrogens is 784 g/mol. The van der Waals surface area contributed by atoms with Crippen molar-refractivity contribution in [2.45, 2.75) is 56.5 Å². The fraction of sp³-hybridized carbons (Fsp3) is 0.419. The number of nitrogen functional groups attached to an aromatic ring is 1. The summed E-state index contributed by atoms with van der Waals surface area (Å²) in [5.41, 5.74) is 3.40. The predicted molar refractivity (Wildman–Crippen MR) is 187 cm³/mol. The number of hydrogen-bond donors (Lipinski definition) is 4. The van der Waals surface area contributed by atoms with E-state index in [1.165, 1.54) is 60.4 Å². The Labute approximate surface area is 311 Å². The van der Waals surface area contributed by atoms with Crippen molar-refractivity contribution >= 4 is 58.3 Å². The van der Waals surface area contributed by atoms with Crippen molar-refractivity contribution in [2.24, 2.45) is 5.92 Å². The van der Waals surface area contributed by atoms with E-state index in [4.69, 9.17) is 35.9 Å². The Morgan fingerprint density at radius 3 is 2.54 bits per heavy atom. The van der Waals surface area contributed by atoms with Crippen LogP contribution in [0.1, 0.15) is 37.1 Å². The van der Waals surface area contributed by atoms with Crippen LogP contribution in [-0.4, -0.2) is 76.7 Å². The Balaban J connectivity index is 1.20. The number of carbonyl (C=O) groups excluding carboxylic acids is 1. The molecule has 0 spiro atoms. The topological polar surface area (TPSA) is 222 Å². The van der Waals surface area contributed by atoms with E-state index in [1.807, 2.05) is 0 Å². The molecule has 0 radical (unpaired) electrons. The predicted octanol–water partition coefficient (Wildman–Crippen LogP) is 3.94. The monoisotopic (exact) mass is 818 g/mol. The van der Waals surface area contributed by atoms with Crippen LogP contribution in [0.15, 0.2) is 54.9 Å². The zero-order chi connectivity index (χ0) is 39.2. The van der Waals surface area contributed by atoms with E-state index >= 15 is 0 Å². The molecule has 2 aromatic carbocycles. The molecule has 1 saturated heterocycles. The first-order valence-electron chi connectivity index (χ1n) is 16.1. The van der Waals surface area contributed by atoms with Gasteiger partial charge in [-0.3, -0.25) is 18.9 Å². The second kappa shape index (κ2) is 14.9. The number of aliphatic hydroxyl groups excluding tert-OH is 1. The molecule has 5 atom stereocenters. The average Bonchev–Trinajstić information content (AvgIpc) is 3.66. The van der Waals surface area contributed by atoms with Gasteiger partial charge in [-0.1, -0.05) is 36.7 Å². The lowest BCUT2D eigenvalue weighted by molar-refractivity contribution is -0.150. The van der Waals surface area contributed by atoms with Crippen molar-refractivity contribution < 1.29 is 54.6 Å². The van der Waals surface area contributed by atoms with Crippen LogP contribution in [-0.2, 0) is 46.2 Å². The molecule has 1 aliphatic carbocycles. The second-order valence-corrected chi connectivity index (χ2v) is 16.7. The van der Waals surface area contributed by atoms with Gasteiger partial charge in [0.05, 0.1) is 30.9 Å². The van der Waals surface area contributed by atoms with Gasteiger partial charge in [0.15, 0.2) is 17.0 Å². The number of rotatable bonds is 14. The van der Waals surface area contributed by atoms with E-state index in [0.29, 0.717) is 5.02 Å². The first-order valence-corrected chi connectivity index (χ1v) is 19.9. The number of hydrogen-bond acceptors (Lipinski definition) is 14. The number of ether oxygens (including phenoxy) is 2. The van der Waals surface area contributed by atoms with Crippen LogP contribution in [0.25, 0.3) is 11.2 Å². The number of aliphatic hydroxyl groups is 1. The smallest absolute Gasteiger partial charge is 0.459 e. The highest BCUT2D eigenvalue weighted by Crippen LogP contribution is 2.53. The van der Waals surface area contributed by atoms with E-state index in [-0.39, 0.29) is 47.1 Å². The number of nitrogens with zero attached hydrogens (tertiary/aromatic N) is 5. The van der Waals surface area contributed by atoms with Crippen LogP contribution in [0.3, 0.4) is 0 Å². The number of nitrogens with two attached hydrogens (primary N) is 1. The van der Waals surface area contributed by atoms with Crippen LogP contribution < -0.4 is 25.2 Å². The van der Waals surface area contributed by atoms with Gasteiger partial charge in [0.1, 0.15) is 30.2 Å². The van der Waals surface area contributed by atoms with Crippen LogP contribution in [0.5, 0.6) is 5.75 Å². The lowest BCUT2D eigenvalue weighted by Crippen LogP contribution is -2.40. The number of carbonyl (C=O) groups is 1. The number of anilines is 2. The van der Waals surface area contributed by atoms with Gasteiger partial charge in [-0.25, -0.2) is 18.0 Å². The van der Waals surface area contributed by atoms with Gasteiger partial charge in [0, 0.05) is 23.6 Å². The van der Waals surface area contributed by atoms with Crippen LogP contribution in [0.2, 0.25) is 5.02 Å². The normalized spacial score (nSPS) is 22.1.